The van der Waals surface area contributed by atoms with Crippen molar-refractivity contribution >= 4 is 11.9 Å². The summed E-state index contributed by atoms with van der Waals surface area (Å²) in [6, 6.07) is 7.05. The van der Waals surface area contributed by atoms with Gasteiger partial charge in [0.05, 0.1) is 6.04 Å². The highest BCUT2D eigenvalue weighted by Crippen LogP contribution is 2.15. The lowest BCUT2D eigenvalue weighted by Crippen LogP contribution is -2.46. The summed E-state index contributed by atoms with van der Waals surface area (Å²) < 4.78 is 5.44. The van der Waals surface area contributed by atoms with Crippen molar-refractivity contribution in [1.29, 1.82) is 0 Å². The van der Waals surface area contributed by atoms with Crippen LogP contribution in [0.3, 0.4) is 0 Å². The highest BCUT2D eigenvalue weighted by atomic mass is 16.5. The molecule has 0 aromatic heterocycles. The van der Waals surface area contributed by atoms with Crippen molar-refractivity contribution in [3.63, 3.8) is 0 Å². The topological polar surface area (TPSA) is 61.9 Å². The Morgan fingerprint density at radius 1 is 1.48 bits per heavy atom. The van der Waals surface area contributed by atoms with E-state index in [9.17, 15) is 9.59 Å². The quantitative estimate of drug-likeness (QED) is 0.776. The molecule has 1 aromatic carbocycles. The maximum Gasteiger partial charge on any atom is 0.324 e. The summed E-state index contributed by atoms with van der Waals surface area (Å²) in [5.41, 5.74) is 1.07. The summed E-state index contributed by atoms with van der Waals surface area (Å²) in [5.74, 6) is 0.614. The number of nitrogens with zero attached hydrogens (tertiary/aromatic N) is 2. The van der Waals surface area contributed by atoms with E-state index in [0.717, 1.165) is 11.3 Å². The summed E-state index contributed by atoms with van der Waals surface area (Å²) in [4.78, 5) is 27.1. The van der Waals surface area contributed by atoms with Gasteiger partial charge in [0.25, 0.3) is 0 Å². The monoisotopic (exact) mass is 317 g/mol. The summed E-state index contributed by atoms with van der Waals surface area (Å²) >= 11 is 0. The molecule has 23 heavy (non-hydrogen) atoms. The Hall–Kier alpha value is -2.34. The van der Waals surface area contributed by atoms with Crippen LogP contribution in [0.1, 0.15) is 12.5 Å². The number of ether oxygens (including phenoxy) is 1. The van der Waals surface area contributed by atoms with Gasteiger partial charge in [-0.1, -0.05) is 24.8 Å². The third-order valence-electron chi connectivity index (χ3n) is 3.86. The molecule has 1 N–H and O–H groups in total. The van der Waals surface area contributed by atoms with Crippen LogP contribution in [0, 0.1) is 0 Å². The van der Waals surface area contributed by atoms with Crippen molar-refractivity contribution in [2.45, 2.75) is 19.5 Å². The molecule has 0 radical (unpaired) electrons. The zero-order valence-corrected chi connectivity index (χ0v) is 13.6. The third kappa shape index (κ3) is 4.32. The van der Waals surface area contributed by atoms with Crippen molar-refractivity contribution in [2.75, 3.05) is 26.7 Å². The number of rotatable bonds is 7. The lowest BCUT2D eigenvalue weighted by Gasteiger charge is -2.26. The Bertz CT molecular complexity index is 571. The predicted molar refractivity (Wildman–Crippen MR) is 88.2 cm³/mol. The molecule has 0 saturated carbocycles. The number of imide groups is 1. The SMILES string of the molecule is C=CCOc1ccc(CN(C)[C@@H](C)C(=O)N2CCNC2=O)cc1. The van der Waals surface area contributed by atoms with Crippen LogP contribution >= 0.6 is 0 Å². The van der Waals surface area contributed by atoms with Gasteiger partial charge in [-0.15, -0.1) is 0 Å². The standard InChI is InChI=1S/C17H23N3O3/c1-4-11-23-15-7-5-14(6-8-15)12-19(3)13(2)16(21)20-10-9-18-17(20)22/h4-8,13H,1,9-12H2,2-3H3,(H,18,22)/t13-/m0/s1. The Morgan fingerprint density at radius 2 is 2.17 bits per heavy atom. The molecule has 1 aromatic rings. The molecule has 1 aliphatic rings. The maximum atomic E-state index is 12.4. The molecule has 3 amide bonds. The molecule has 0 aliphatic carbocycles. The molecular formula is C17H23N3O3. The van der Waals surface area contributed by atoms with E-state index in [2.05, 4.69) is 11.9 Å². The molecule has 6 nitrogen and oxygen atoms in total. The van der Waals surface area contributed by atoms with Crippen LogP contribution in [0.2, 0.25) is 0 Å². The summed E-state index contributed by atoms with van der Waals surface area (Å²) in [5, 5.41) is 2.64. The molecule has 0 unspecified atom stereocenters. The molecule has 1 aliphatic heterocycles. The molecule has 1 heterocycles. The number of hydrogen-bond donors (Lipinski definition) is 1. The number of amides is 3. The number of hydrogen-bond acceptors (Lipinski definition) is 4. The van der Waals surface area contributed by atoms with Crippen molar-refractivity contribution < 1.29 is 14.3 Å². The molecule has 0 bridgehead atoms. The molecule has 1 atom stereocenters. The average molecular weight is 317 g/mol. The van der Waals surface area contributed by atoms with E-state index in [0.29, 0.717) is 26.2 Å². The van der Waals surface area contributed by atoms with Crippen LogP contribution in [0.25, 0.3) is 0 Å². The van der Waals surface area contributed by atoms with E-state index < -0.39 is 0 Å². The van der Waals surface area contributed by atoms with Gasteiger partial charge < -0.3 is 10.1 Å². The molecule has 6 heteroatoms. The fourth-order valence-corrected chi connectivity index (χ4v) is 2.37. The first-order valence-electron chi connectivity index (χ1n) is 7.65. The van der Waals surface area contributed by atoms with Gasteiger partial charge in [0.15, 0.2) is 0 Å². The number of nitrogens with one attached hydrogen (secondary N) is 1. The van der Waals surface area contributed by atoms with E-state index >= 15 is 0 Å². The van der Waals surface area contributed by atoms with Gasteiger partial charge >= 0.3 is 6.03 Å². The van der Waals surface area contributed by atoms with Gasteiger partial charge in [-0.25, -0.2) is 4.79 Å². The van der Waals surface area contributed by atoms with Gasteiger partial charge in [-0.3, -0.25) is 14.6 Å². The van der Waals surface area contributed by atoms with Crippen molar-refractivity contribution in [2.24, 2.45) is 0 Å². The van der Waals surface area contributed by atoms with E-state index in [1.165, 1.54) is 4.90 Å². The Morgan fingerprint density at radius 3 is 2.74 bits per heavy atom. The number of likely N-dealkylation sites (N-methyl/N-ethyl adjacent to an activating group) is 1. The van der Waals surface area contributed by atoms with Crippen LogP contribution in [0.15, 0.2) is 36.9 Å². The van der Waals surface area contributed by atoms with E-state index in [4.69, 9.17) is 4.74 Å². The first kappa shape index (κ1) is 17.0. The summed E-state index contributed by atoms with van der Waals surface area (Å²) in [7, 11) is 1.87. The van der Waals surface area contributed by atoms with Crippen LogP contribution in [0.4, 0.5) is 4.79 Å². The molecule has 1 saturated heterocycles. The van der Waals surface area contributed by atoms with E-state index in [-0.39, 0.29) is 18.0 Å². The molecule has 1 fully saturated rings. The van der Waals surface area contributed by atoms with Crippen LogP contribution in [0.5, 0.6) is 5.75 Å². The first-order chi connectivity index (χ1) is 11.0. The van der Waals surface area contributed by atoms with E-state index in [1.807, 2.05) is 43.1 Å². The van der Waals surface area contributed by atoms with Crippen molar-refractivity contribution in [3.8, 4) is 5.75 Å². The fourth-order valence-electron chi connectivity index (χ4n) is 2.37. The normalized spacial score (nSPS) is 15.4. The zero-order valence-electron chi connectivity index (χ0n) is 13.6. The van der Waals surface area contributed by atoms with Crippen molar-refractivity contribution in [3.05, 3.63) is 42.5 Å². The van der Waals surface area contributed by atoms with Crippen LogP contribution in [-0.4, -0.2) is 54.5 Å². The lowest BCUT2D eigenvalue weighted by atomic mass is 10.1. The molecule has 0 spiro atoms. The predicted octanol–water partition coefficient (Wildman–Crippen LogP) is 1.62. The first-order valence-corrected chi connectivity index (χ1v) is 7.65. The second-order valence-electron chi connectivity index (χ2n) is 5.56. The van der Waals surface area contributed by atoms with Crippen LogP contribution < -0.4 is 10.1 Å². The fraction of sp³-hybridized carbons (Fsp3) is 0.412. The summed E-state index contributed by atoms with van der Waals surface area (Å²) in [6.07, 6.45) is 1.70. The highest BCUT2D eigenvalue weighted by molar-refractivity contribution is 5.98. The lowest BCUT2D eigenvalue weighted by molar-refractivity contribution is -0.132. The molecule has 124 valence electrons. The summed E-state index contributed by atoms with van der Waals surface area (Å²) in [6.45, 7) is 7.47. The maximum absolute atomic E-state index is 12.4. The van der Waals surface area contributed by atoms with Gasteiger partial charge in [0, 0.05) is 19.6 Å². The molecular weight excluding hydrogens is 294 g/mol. The number of benzene rings is 1. The smallest absolute Gasteiger partial charge is 0.324 e. The largest absolute Gasteiger partial charge is 0.490 e. The minimum atomic E-state index is -0.365. The number of carbonyl (C=O) groups is 2. The molecule has 2 rings (SSSR count). The number of urea groups is 1. The van der Waals surface area contributed by atoms with Gasteiger partial charge in [-0.2, -0.15) is 0 Å². The Labute approximate surface area is 136 Å². The van der Waals surface area contributed by atoms with Crippen LogP contribution in [-0.2, 0) is 11.3 Å². The third-order valence-corrected chi connectivity index (χ3v) is 3.86. The van der Waals surface area contributed by atoms with E-state index in [1.54, 1.807) is 6.08 Å². The second-order valence-corrected chi connectivity index (χ2v) is 5.56. The Balaban J connectivity index is 1.92. The minimum absolute atomic E-state index is 0.173. The number of carbonyl (C=O) groups excluding carboxylic acids is 2. The Kier molecular flexibility index (Phi) is 5.76. The minimum Gasteiger partial charge on any atom is -0.490 e. The zero-order chi connectivity index (χ0) is 16.8. The van der Waals surface area contributed by atoms with Gasteiger partial charge in [0.1, 0.15) is 12.4 Å². The second kappa shape index (κ2) is 7.78. The van der Waals surface area contributed by atoms with Gasteiger partial charge in [-0.05, 0) is 31.7 Å². The van der Waals surface area contributed by atoms with Crippen molar-refractivity contribution in [1.82, 2.24) is 15.1 Å². The highest BCUT2D eigenvalue weighted by Gasteiger charge is 2.31. The average Bonchev–Trinajstić information content (AvgIpc) is 2.98. The van der Waals surface area contributed by atoms with Gasteiger partial charge in [0.2, 0.25) is 5.91 Å².